The van der Waals surface area contributed by atoms with Crippen molar-refractivity contribution in [3.63, 3.8) is 0 Å². The molecule has 1 aliphatic carbocycles. The van der Waals surface area contributed by atoms with Gasteiger partial charge in [-0.3, -0.25) is 0 Å². The molecule has 1 aromatic carbocycles. The molecule has 2 heterocycles. The number of benzene rings is 1. The molecule has 0 saturated carbocycles. The van der Waals surface area contributed by atoms with Gasteiger partial charge in [-0.1, -0.05) is 19.1 Å². The van der Waals surface area contributed by atoms with Crippen molar-refractivity contribution in [3.05, 3.63) is 47.6 Å². The molecule has 0 spiro atoms. The average Bonchev–Trinajstić information content (AvgIpc) is 3.31. The highest BCUT2D eigenvalue weighted by molar-refractivity contribution is 5.81. The fraction of sp³-hybridized carbons (Fsp3) is 0.478. The van der Waals surface area contributed by atoms with Crippen LogP contribution in [0.25, 0.3) is 16.6 Å². The first-order chi connectivity index (χ1) is 14.7. The van der Waals surface area contributed by atoms with Gasteiger partial charge in [-0.15, -0.1) is 0 Å². The van der Waals surface area contributed by atoms with Crippen molar-refractivity contribution in [1.82, 2.24) is 24.4 Å². The zero-order valence-corrected chi connectivity index (χ0v) is 18.0. The fourth-order valence-electron chi connectivity index (χ4n) is 4.11. The van der Waals surface area contributed by atoms with Gasteiger partial charge in [0.25, 0.3) is 0 Å². The first-order valence-electron chi connectivity index (χ1n) is 11.0. The summed E-state index contributed by atoms with van der Waals surface area (Å²) in [6.07, 6.45) is 8.32. The molecule has 0 radical (unpaired) electrons. The van der Waals surface area contributed by atoms with Crippen LogP contribution in [0.1, 0.15) is 36.7 Å². The molecule has 0 saturated heterocycles. The van der Waals surface area contributed by atoms with Crippen LogP contribution in [-0.2, 0) is 26.4 Å². The Morgan fingerprint density at radius 3 is 2.93 bits per heavy atom. The SMILES string of the molecule is CCc1ccc2nc(NCCCNCCO)n(CC3=CCCc4c3ncn4C)c2c1. The van der Waals surface area contributed by atoms with Gasteiger partial charge < -0.3 is 24.9 Å². The van der Waals surface area contributed by atoms with Crippen LogP contribution in [-0.4, -0.2) is 50.4 Å². The zero-order chi connectivity index (χ0) is 20.9. The molecule has 0 bridgehead atoms. The van der Waals surface area contributed by atoms with Crippen molar-refractivity contribution in [1.29, 1.82) is 0 Å². The van der Waals surface area contributed by atoms with Crippen LogP contribution >= 0.6 is 0 Å². The lowest BCUT2D eigenvalue weighted by Crippen LogP contribution is -2.22. The maximum Gasteiger partial charge on any atom is 0.204 e. The monoisotopic (exact) mass is 408 g/mol. The summed E-state index contributed by atoms with van der Waals surface area (Å²) in [4.78, 5) is 9.56. The number of aromatic nitrogens is 4. The number of allylic oxidation sites excluding steroid dienone is 2. The Labute approximate surface area is 177 Å². The van der Waals surface area contributed by atoms with E-state index in [0.29, 0.717) is 6.54 Å². The number of aryl methyl sites for hydroxylation is 2. The van der Waals surface area contributed by atoms with Crippen molar-refractivity contribution in [3.8, 4) is 0 Å². The molecule has 0 atom stereocenters. The molecule has 30 heavy (non-hydrogen) atoms. The molecule has 0 fully saturated rings. The van der Waals surface area contributed by atoms with Gasteiger partial charge in [0.2, 0.25) is 5.95 Å². The van der Waals surface area contributed by atoms with Crippen LogP contribution in [0.4, 0.5) is 5.95 Å². The number of aliphatic hydroxyl groups excluding tert-OH is 1. The zero-order valence-electron chi connectivity index (χ0n) is 18.0. The molecule has 7 nitrogen and oxygen atoms in total. The lowest BCUT2D eigenvalue weighted by Gasteiger charge is -2.17. The summed E-state index contributed by atoms with van der Waals surface area (Å²) in [6.45, 7) is 5.46. The Hall–Kier alpha value is -2.64. The van der Waals surface area contributed by atoms with Crippen LogP contribution in [0.2, 0.25) is 0 Å². The molecule has 160 valence electrons. The predicted octanol–water partition coefficient (Wildman–Crippen LogP) is 2.75. The van der Waals surface area contributed by atoms with E-state index in [1.54, 1.807) is 0 Å². The molecule has 0 aliphatic heterocycles. The minimum absolute atomic E-state index is 0.174. The van der Waals surface area contributed by atoms with E-state index >= 15 is 0 Å². The third-order valence-corrected chi connectivity index (χ3v) is 5.79. The number of hydrogen-bond donors (Lipinski definition) is 3. The summed E-state index contributed by atoms with van der Waals surface area (Å²) < 4.78 is 4.44. The van der Waals surface area contributed by atoms with Gasteiger partial charge in [0.1, 0.15) is 0 Å². The van der Waals surface area contributed by atoms with Gasteiger partial charge in [-0.25, -0.2) is 9.97 Å². The van der Waals surface area contributed by atoms with E-state index < -0.39 is 0 Å². The summed E-state index contributed by atoms with van der Waals surface area (Å²) in [5, 5.41) is 15.6. The fourth-order valence-corrected chi connectivity index (χ4v) is 4.11. The molecule has 2 aromatic heterocycles. The highest BCUT2D eigenvalue weighted by atomic mass is 16.3. The van der Waals surface area contributed by atoms with Crippen LogP contribution < -0.4 is 10.6 Å². The molecule has 3 aromatic rings. The third-order valence-electron chi connectivity index (χ3n) is 5.79. The summed E-state index contributed by atoms with van der Waals surface area (Å²) in [5.74, 6) is 0.907. The molecular formula is C23H32N6O. The number of imidazole rings is 2. The molecule has 7 heteroatoms. The smallest absolute Gasteiger partial charge is 0.204 e. The molecule has 0 unspecified atom stereocenters. The first-order valence-corrected chi connectivity index (χ1v) is 11.0. The van der Waals surface area contributed by atoms with Gasteiger partial charge >= 0.3 is 0 Å². The molecule has 0 amide bonds. The van der Waals surface area contributed by atoms with E-state index in [-0.39, 0.29) is 6.61 Å². The molecular weight excluding hydrogens is 376 g/mol. The Balaban J connectivity index is 1.60. The lowest BCUT2D eigenvalue weighted by molar-refractivity contribution is 0.292. The molecule has 4 rings (SSSR count). The van der Waals surface area contributed by atoms with E-state index in [1.165, 1.54) is 22.3 Å². The maximum absolute atomic E-state index is 8.88. The highest BCUT2D eigenvalue weighted by Crippen LogP contribution is 2.30. The van der Waals surface area contributed by atoms with Gasteiger partial charge in [0.05, 0.1) is 36.2 Å². The van der Waals surface area contributed by atoms with Crippen LogP contribution in [0.15, 0.2) is 30.6 Å². The quantitative estimate of drug-likeness (QED) is 0.450. The van der Waals surface area contributed by atoms with Crippen molar-refractivity contribution >= 4 is 22.6 Å². The summed E-state index contributed by atoms with van der Waals surface area (Å²) in [6, 6.07) is 6.55. The maximum atomic E-state index is 8.88. The molecule has 1 aliphatic rings. The number of anilines is 1. The predicted molar refractivity (Wildman–Crippen MR) is 122 cm³/mol. The van der Waals surface area contributed by atoms with Gasteiger partial charge in [0, 0.05) is 25.8 Å². The largest absolute Gasteiger partial charge is 0.395 e. The Morgan fingerprint density at radius 2 is 2.10 bits per heavy atom. The standard InChI is InChI=1S/C23H32N6O/c1-3-17-8-9-19-21(14-17)29(23(27-19)25-11-5-10-24-12-13-30)15-18-6-4-7-20-22(18)26-16-28(20)2/h6,8-9,14,16,24,30H,3-5,7,10-13,15H2,1-2H3,(H,25,27). The Bertz CT molecular complexity index is 1030. The van der Waals surface area contributed by atoms with E-state index in [1.807, 2.05) is 6.33 Å². The Morgan fingerprint density at radius 1 is 1.20 bits per heavy atom. The topological polar surface area (TPSA) is 79.9 Å². The van der Waals surface area contributed by atoms with Gasteiger partial charge in [-0.2, -0.15) is 0 Å². The van der Waals surface area contributed by atoms with E-state index in [2.05, 4.69) is 63.0 Å². The summed E-state index contributed by atoms with van der Waals surface area (Å²) in [5.41, 5.74) is 7.21. The van der Waals surface area contributed by atoms with Crippen LogP contribution in [0, 0.1) is 0 Å². The average molecular weight is 409 g/mol. The number of hydrogen-bond acceptors (Lipinski definition) is 5. The summed E-state index contributed by atoms with van der Waals surface area (Å²) >= 11 is 0. The van der Waals surface area contributed by atoms with Gasteiger partial charge in [-0.05, 0) is 55.5 Å². The van der Waals surface area contributed by atoms with Crippen LogP contribution in [0.3, 0.4) is 0 Å². The normalized spacial score (nSPS) is 13.5. The number of rotatable bonds is 10. The van der Waals surface area contributed by atoms with Crippen molar-refractivity contribution < 1.29 is 5.11 Å². The number of aliphatic hydroxyl groups is 1. The minimum Gasteiger partial charge on any atom is -0.395 e. The van der Waals surface area contributed by atoms with E-state index in [0.717, 1.165) is 62.5 Å². The van der Waals surface area contributed by atoms with E-state index in [9.17, 15) is 0 Å². The molecule has 3 N–H and O–H groups in total. The van der Waals surface area contributed by atoms with Crippen molar-refractivity contribution in [2.24, 2.45) is 7.05 Å². The first kappa shape index (κ1) is 20.6. The highest BCUT2D eigenvalue weighted by Gasteiger charge is 2.20. The van der Waals surface area contributed by atoms with Crippen LogP contribution in [0.5, 0.6) is 0 Å². The lowest BCUT2D eigenvalue weighted by atomic mass is 10.00. The van der Waals surface area contributed by atoms with E-state index in [4.69, 9.17) is 10.1 Å². The number of fused-ring (bicyclic) bond motifs is 2. The van der Waals surface area contributed by atoms with Gasteiger partial charge in [0.15, 0.2) is 0 Å². The second-order valence-corrected chi connectivity index (χ2v) is 7.87. The second kappa shape index (κ2) is 9.45. The Kier molecular flexibility index (Phi) is 6.50. The second-order valence-electron chi connectivity index (χ2n) is 7.87. The minimum atomic E-state index is 0.174. The van der Waals surface area contributed by atoms with Crippen molar-refractivity contribution in [2.45, 2.75) is 39.2 Å². The number of nitrogens with zero attached hydrogens (tertiary/aromatic N) is 4. The summed E-state index contributed by atoms with van der Waals surface area (Å²) in [7, 11) is 2.08. The third kappa shape index (κ3) is 4.27. The van der Waals surface area contributed by atoms with Crippen molar-refractivity contribution in [2.75, 3.05) is 31.6 Å². The number of nitrogens with one attached hydrogen (secondary N) is 2.